The van der Waals surface area contributed by atoms with E-state index in [9.17, 15) is 4.79 Å². The van der Waals surface area contributed by atoms with Crippen molar-refractivity contribution in [1.29, 1.82) is 0 Å². The zero-order valence-corrected chi connectivity index (χ0v) is 12.8. The highest BCUT2D eigenvalue weighted by molar-refractivity contribution is 5.97. The van der Waals surface area contributed by atoms with Gasteiger partial charge in [0.25, 0.3) is 0 Å². The number of nitrogens with one attached hydrogen (secondary N) is 3. The van der Waals surface area contributed by atoms with E-state index in [-0.39, 0.29) is 11.9 Å². The van der Waals surface area contributed by atoms with E-state index in [0.717, 1.165) is 37.3 Å². The number of ether oxygens (including phenoxy) is 1. The summed E-state index contributed by atoms with van der Waals surface area (Å²) in [5, 5.41) is 3.01. The average Bonchev–Trinajstić information content (AvgIpc) is 3.05. The Kier molecular flexibility index (Phi) is 4.87. The van der Waals surface area contributed by atoms with Crippen molar-refractivity contribution in [2.24, 2.45) is 0 Å². The first-order valence-electron chi connectivity index (χ1n) is 7.86. The number of carbonyl (C=O) groups is 1. The fourth-order valence-electron chi connectivity index (χ4n) is 2.85. The van der Waals surface area contributed by atoms with Gasteiger partial charge >= 0.3 is 0 Å². The van der Waals surface area contributed by atoms with Crippen LogP contribution >= 0.6 is 0 Å². The molecular formula is C15H23N5O2. The molecule has 2 saturated heterocycles. The largest absolute Gasteiger partial charge is 0.378 e. The van der Waals surface area contributed by atoms with E-state index in [1.54, 1.807) is 12.4 Å². The van der Waals surface area contributed by atoms with Crippen LogP contribution in [-0.4, -0.2) is 49.3 Å². The normalized spacial score (nSPS) is 25.2. The van der Waals surface area contributed by atoms with Crippen molar-refractivity contribution in [1.82, 2.24) is 15.8 Å². The molecule has 2 fully saturated rings. The quantitative estimate of drug-likeness (QED) is 0.752. The summed E-state index contributed by atoms with van der Waals surface area (Å²) in [6, 6.07) is 2.09. The van der Waals surface area contributed by atoms with E-state index >= 15 is 0 Å². The van der Waals surface area contributed by atoms with Gasteiger partial charge in [-0.15, -0.1) is 0 Å². The molecular weight excluding hydrogens is 282 g/mol. The predicted octanol–water partition coefficient (Wildman–Crippen LogP) is 0.502. The van der Waals surface area contributed by atoms with Crippen molar-refractivity contribution in [2.45, 2.75) is 31.8 Å². The van der Waals surface area contributed by atoms with E-state index in [4.69, 9.17) is 4.74 Å². The lowest BCUT2D eigenvalue weighted by Gasteiger charge is -2.30. The molecule has 3 heterocycles. The molecule has 2 aliphatic heterocycles. The Morgan fingerprint density at radius 2 is 2.27 bits per heavy atom. The van der Waals surface area contributed by atoms with Crippen LogP contribution in [0.5, 0.6) is 0 Å². The van der Waals surface area contributed by atoms with E-state index in [1.807, 2.05) is 6.07 Å². The third-order valence-electron chi connectivity index (χ3n) is 4.20. The third-order valence-corrected chi connectivity index (χ3v) is 4.20. The first-order valence-corrected chi connectivity index (χ1v) is 7.86. The molecule has 0 spiro atoms. The summed E-state index contributed by atoms with van der Waals surface area (Å²) in [5.74, 6) is -0.0223. The molecule has 22 heavy (non-hydrogen) atoms. The van der Waals surface area contributed by atoms with Crippen LogP contribution < -0.4 is 21.1 Å². The van der Waals surface area contributed by atoms with Crippen LogP contribution in [0.1, 0.15) is 19.8 Å². The first kappa shape index (κ1) is 15.2. The third kappa shape index (κ3) is 3.37. The zero-order valence-electron chi connectivity index (χ0n) is 12.8. The van der Waals surface area contributed by atoms with Gasteiger partial charge in [-0.1, -0.05) is 6.92 Å². The highest BCUT2D eigenvalue weighted by atomic mass is 16.5. The van der Waals surface area contributed by atoms with Gasteiger partial charge in [0, 0.05) is 25.3 Å². The van der Waals surface area contributed by atoms with E-state index in [1.165, 1.54) is 0 Å². The van der Waals surface area contributed by atoms with Crippen molar-refractivity contribution >= 4 is 17.3 Å². The summed E-state index contributed by atoms with van der Waals surface area (Å²) in [4.78, 5) is 18.8. The van der Waals surface area contributed by atoms with Crippen LogP contribution in [0.2, 0.25) is 0 Å². The number of nitrogens with zero attached hydrogens (tertiary/aromatic N) is 2. The Morgan fingerprint density at radius 3 is 3.00 bits per heavy atom. The second-order valence-corrected chi connectivity index (χ2v) is 5.66. The molecule has 3 rings (SSSR count). The van der Waals surface area contributed by atoms with Crippen LogP contribution in [-0.2, 0) is 9.53 Å². The lowest BCUT2D eigenvalue weighted by Crippen LogP contribution is -2.41. The average molecular weight is 305 g/mol. The SMILES string of the molecule is CCC1CC(C(=O)Nc2cnccc2N2CCOCC2)NN1. The highest BCUT2D eigenvalue weighted by Crippen LogP contribution is 2.25. The molecule has 7 nitrogen and oxygen atoms in total. The summed E-state index contributed by atoms with van der Waals surface area (Å²) in [7, 11) is 0. The van der Waals surface area contributed by atoms with Gasteiger partial charge in [-0.25, -0.2) is 5.43 Å². The Labute approximate surface area is 130 Å². The van der Waals surface area contributed by atoms with Gasteiger partial charge in [-0.2, -0.15) is 0 Å². The van der Waals surface area contributed by atoms with Gasteiger partial charge in [0.2, 0.25) is 5.91 Å². The maximum absolute atomic E-state index is 12.4. The number of morpholine rings is 1. The number of aromatic nitrogens is 1. The molecule has 0 aliphatic carbocycles. The molecule has 1 aromatic heterocycles. The maximum Gasteiger partial charge on any atom is 0.243 e. The highest BCUT2D eigenvalue weighted by Gasteiger charge is 2.28. The van der Waals surface area contributed by atoms with Crippen LogP contribution in [0.3, 0.4) is 0 Å². The summed E-state index contributed by atoms with van der Waals surface area (Å²) in [6.45, 7) is 5.18. The van der Waals surface area contributed by atoms with Gasteiger partial charge in [0.15, 0.2) is 0 Å². The molecule has 7 heteroatoms. The van der Waals surface area contributed by atoms with Crippen LogP contribution in [0.15, 0.2) is 18.5 Å². The zero-order chi connectivity index (χ0) is 15.4. The minimum absolute atomic E-state index is 0.0223. The lowest BCUT2D eigenvalue weighted by molar-refractivity contribution is -0.117. The Balaban J connectivity index is 1.68. The molecule has 2 atom stereocenters. The number of hydrazine groups is 1. The summed E-state index contributed by atoms with van der Waals surface area (Å²) in [6.07, 6.45) is 5.27. The first-order chi connectivity index (χ1) is 10.8. The fraction of sp³-hybridized carbons (Fsp3) is 0.600. The molecule has 0 saturated carbocycles. The molecule has 2 aliphatic rings. The molecule has 2 unspecified atom stereocenters. The number of anilines is 2. The van der Waals surface area contributed by atoms with Gasteiger partial charge in [0.1, 0.15) is 6.04 Å². The lowest BCUT2D eigenvalue weighted by atomic mass is 10.1. The summed E-state index contributed by atoms with van der Waals surface area (Å²) in [5.41, 5.74) is 7.97. The number of hydrogen-bond acceptors (Lipinski definition) is 6. The number of carbonyl (C=O) groups excluding carboxylic acids is 1. The van der Waals surface area contributed by atoms with Crippen molar-refractivity contribution in [3.63, 3.8) is 0 Å². The smallest absolute Gasteiger partial charge is 0.243 e. The van der Waals surface area contributed by atoms with Gasteiger partial charge in [-0.05, 0) is 18.9 Å². The van der Waals surface area contributed by atoms with Crippen molar-refractivity contribution in [2.75, 3.05) is 36.5 Å². The van der Waals surface area contributed by atoms with Gasteiger partial charge in [0.05, 0.1) is 30.8 Å². The monoisotopic (exact) mass is 305 g/mol. The molecule has 1 amide bonds. The number of hydrogen-bond donors (Lipinski definition) is 3. The number of rotatable bonds is 4. The second kappa shape index (κ2) is 7.04. The molecule has 120 valence electrons. The van der Waals surface area contributed by atoms with Crippen molar-refractivity contribution < 1.29 is 9.53 Å². The van der Waals surface area contributed by atoms with Crippen LogP contribution in [0.4, 0.5) is 11.4 Å². The van der Waals surface area contributed by atoms with E-state index in [2.05, 4.69) is 33.0 Å². The standard InChI is InChI=1S/C15H23N5O2/c1-2-11-9-12(19-18-11)15(21)17-13-10-16-4-3-14(13)20-5-7-22-8-6-20/h3-4,10-12,18-19H,2,5-9H2,1H3,(H,17,21). The molecule has 0 aromatic carbocycles. The Bertz CT molecular complexity index is 518. The molecule has 0 radical (unpaired) electrons. The van der Waals surface area contributed by atoms with Crippen molar-refractivity contribution in [3.8, 4) is 0 Å². The van der Waals surface area contributed by atoms with E-state index in [0.29, 0.717) is 19.3 Å². The van der Waals surface area contributed by atoms with Crippen LogP contribution in [0.25, 0.3) is 0 Å². The maximum atomic E-state index is 12.4. The van der Waals surface area contributed by atoms with Crippen LogP contribution in [0, 0.1) is 0 Å². The minimum atomic E-state index is -0.206. The second-order valence-electron chi connectivity index (χ2n) is 5.66. The van der Waals surface area contributed by atoms with Gasteiger partial charge in [-0.3, -0.25) is 15.2 Å². The summed E-state index contributed by atoms with van der Waals surface area (Å²) >= 11 is 0. The Hall–Kier alpha value is -1.70. The topological polar surface area (TPSA) is 78.5 Å². The minimum Gasteiger partial charge on any atom is -0.378 e. The number of pyridine rings is 1. The summed E-state index contributed by atoms with van der Waals surface area (Å²) < 4.78 is 5.38. The molecule has 0 bridgehead atoms. The molecule has 1 aromatic rings. The molecule has 3 N–H and O–H groups in total. The number of amides is 1. The van der Waals surface area contributed by atoms with E-state index < -0.39 is 0 Å². The van der Waals surface area contributed by atoms with Crippen molar-refractivity contribution in [3.05, 3.63) is 18.5 Å². The fourth-order valence-corrected chi connectivity index (χ4v) is 2.85. The predicted molar refractivity (Wildman–Crippen MR) is 84.7 cm³/mol. The Morgan fingerprint density at radius 1 is 1.45 bits per heavy atom. The van der Waals surface area contributed by atoms with Gasteiger partial charge < -0.3 is 15.0 Å².